The summed E-state index contributed by atoms with van der Waals surface area (Å²) in [5, 5.41) is 0. The highest BCUT2D eigenvalue weighted by atomic mass is 79.9. The summed E-state index contributed by atoms with van der Waals surface area (Å²) in [5.74, 6) is 0.371. The molecule has 0 aliphatic heterocycles. The molecule has 1 aliphatic carbocycles. The zero-order valence-electron chi connectivity index (χ0n) is 12.7. The van der Waals surface area contributed by atoms with Gasteiger partial charge in [0.25, 0.3) is 0 Å². The molecule has 1 aliphatic rings. The molecular weight excluding hydrogens is 332 g/mol. The van der Waals surface area contributed by atoms with Gasteiger partial charge >= 0.3 is 0 Å². The number of rotatable bonds is 5. The molecule has 114 valence electrons. The lowest BCUT2D eigenvalue weighted by molar-refractivity contribution is -0.139. The fourth-order valence-electron chi connectivity index (χ4n) is 2.46. The summed E-state index contributed by atoms with van der Waals surface area (Å²) in [7, 11) is 3.42. The maximum Gasteiger partial charge on any atom is 0.241 e. The predicted molar refractivity (Wildman–Crippen MR) is 85.9 cm³/mol. The normalized spacial score (nSPS) is 20.0. The van der Waals surface area contributed by atoms with Crippen LogP contribution in [-0.2, 0) is 9.59 Å². The van der Waals surface area contributed by atoms with E-state index in [9.17, 15) is 9.59 Å². The molecule has 1 fully saturated rings. The maximum atomic E-state index is 12.5. The summed E-state index contributed by atoms with van der Waals surface area (Å²) >= 11 is 3.46. The molecule has 4 nitrogen and oxygen atoms in total. The Balaban J connectivity index is 1.99. The van der Waals surface area contributed by atoms with Gasteiger partial charge in [0.2, 0.25) is 11.8 Å². The molecule has 1 saturated carbocycles. The number of carbonyl (C=O) groups is 2. The number of nitrogens with zero attached hydrogens (tertiary/aromatic N) is 2. The standard InChI is InChI=1S/C16H21BrN2O2/c1-4-19(10-15(20)18(2)3)16(21)14-9-13(14)11-6-5-7-12(17)8-11/h5-8,13-14H,4,9-10H2,1-3H3/t13-,14+/m0/s1. The van der Waals surface area contributed by atoms with E-state index in [0.29, 0.717) is 12.5 Å². The van der Waals surface area contributed by atoms with Crippen LogP contribution in [0.5, 0.6) is 0 Å². The molecule has 2 rings (SSSR count). The Bertz CT molecular complexity index is 545. The molecule has 1 aromatic carbocycles. The Morgan fingerprint density at radius 3 is 2.62 bits per heavy atom. The minimum Gasteiger partial charge on any atom is -0.347 e. The number of carbonyl (C=O) groups excluding carboxylic acids is 2. The number of halogens is 1. The molecule has 1 aromatic rings. The molecule has 2 atom stereocenters. The average molecular weight is 353 g/mol. The molecule has 0 bridgehead atoms. The first-order chi connectivity index (χ1) is 9.93. The third-order valence-electron chi connectivity index (χ3n) is 3.90. The van der Waals surface area contributed by atoms with Crippen molar-refractivity contribution in [3.05, 3.63) is 34.3 Å². The van der Waals surface area contributed by atoms with Gasteiger partial charge in [-0.3, -0.25) is 9.59 Å². The zero-order chi connectivity index (χ0) is 15.6. The Kier molecular flexibility index (Phi) is 5.04. The summed E-state index contributed by atoms with van der Waals surface area (Å²) in [6.07, 6.45) is 0.877. The van der Waals surface area contributed by atoms with Crippen LogP contribution < -0.4 is 0 Å². The van der Waals surface area contributed by atoms with Gasteiger partial charge in [0.05, 0.1) is 6.54 Å². The Morgan fingerprint density at radius 1 is 1.33 bits per heavy atom. The van der Waals surface area contributed by atoms with Crippen molar-refractivity contribution in [1.29, 1.82) is 0 Å². The molecule has 0 aromatic heterocycles. The van der Waals surface area contributed by atoms with Crippen LogP contribution >= 0.6 is 15.9 Å². The van der Waals surface area contributed by atoms with Crippen molar-refractivity contribution in [1.82, 2.24) is 9.80 Å². The van der Waals surface area contributed by atoms with E-state index in [4.69, 9.17) is 0 Å². The van der Waals surface area contributed by atoms with Gasteiger partial charge in [0.1, 0.15) is 0 Å². The molecule has 0 radical (unpaired) electrons. The zero-order valence-corrected chi connectivity index (χ0v) is 14.3. The summed E-state index contributed by atoms with van der Waals surface area (Å²) in [5.41, 5.74) is 1.19. The van der Waals surface area contributed by atoms with E-state index in [2.05, 4.69) is 28.1 Å². The average Bonchev–Trinajstić information content (AvgIpc) is 3.24. The number of hydrogen-bond donors (Lipinski definition) is 0. The molecule has 2 amide bonds. The number of benzene rings is 1. The van der Waals surface area contributed by atoms with Crippen molar-refractivity contribution in [2.24, 2.45) is 5.92 Å². The second kappa shape index (κ2) is 6.60. The third-order valence-corrected chi connectivity index (χ3v) is 4.40. The summed E-state index contributed by atoms with van der Waals surface area (Å²) in [6, 6.07) is 8.10. The van der Waals surface area contributed by atoms with E-state index in [1.54, 1.807) is 19.0 Å². The fourth-order valence-corrected chi connectivity index (χ4v) is 2.88. The minimum absolute atomic E-state index is 0.0224. The summed E-state index contributed by atoms with van der Waals surface area (Å²) < 4.78 is 1.04. The van der Waals surface area contributed by atoms with Gasteiger partial charge in [0.15, 0.2) is 0 Å². The first kappa shape index (κ1) is 16.0. The van der Waals surface area contributed by atoms with Crippen molar-refractivity contribution >= 4 is 27.7 Å². The van der Waals surface area contributed by atoms with Crippen molar-refractivity contribution in [2.75, 3.05) is 27.2 Å². The van der Waals surface area contributed by atoms with E-state index in [-0.39, 0.29) is 24.3 Å². The van der Waals surface area contributed by atoms with Gasteiger partial charge in [-0.1, -0.05) is 28.1 Å². The Morgan fingerprint density at radius 2 is 2.05 bits per heavy atom. The van der Waals surface area contributed by atoms with E-state index in [1.165, 1.54) is 10.5 Å². The van der Waals surface area contributed by atoms with Crippen molar-refractivity contribution < 1.29 is 9.59 Å². The molecule has 0 unspecified atom stereocenters. The monoisotopic (exact) mass is 352 g/mol. The quantitative estimate of drug-likeness (QED) is 0.816. The van der Waals surface area contributed by atoms with Crippen LogP contribution in [0.4, 0.5) is 0 Å². The lowest BCUT2D eigenvalue weighted by atomic mass is 10.1. The molecular formula is C16H21BrN2O2. The van der Waals surface area contributed by atoms with E-state index in [1.807, 2.05) is 19.1 Å². The molecule has 0 saturated heterocycles. The lowest BCUT2D eigenvalue weighted by Crippen LogP contribution is -2.41. The molecule has 0 spiro atoms. The van der Waals surface area contributed by atoms with Crippen LogP contribution in [0.3, 0.4) is 0 Å². The largest absolute Gasteiger partial charge is 0.347 e. The molecule has 5 heteroatoms. The van der Waals surface area contributed by atoms with Gasteiger partial charge in [-0.2, -0.15) is 0 Å². The molecule has 0 N–H and O–H groups in total. The topological polar surface area (TPSA) is 40.6 Å². The van der Waals surface area contributed by atoms with Crippen molar-refractivity contribution in [3.63, 3.8) is 0 Å². The first-order valence-electron chi connectivity index (χ1n) is 7.18. The number of hydrogen-bond acceptors (Lipinski definition) is 2. The van der Waals surface area contributed by atoms with E-state index >= 15 is 0 Å². The van der Waals surface area contributed by atoms with Crippen LogP contribution in [-0.4, -0.2) is 48.8 Å². The minimum atomic E-state index is -0.0372. The van der Waals surface area contributed by atoms with Crippen LogP contribution in [0.1, 0.15) is 24.8 Å². The third kappa shape index (κ3) is 3.84. The van der Waals surface area contributed by atoms with Gasteiger partial charge < -0.3 is 9.80 Å². The highest BCUT2D eigenvalue weighted by molar-refractivity contribution is 9.10. The summed E-state index contributed by atoms with van der Waals surface area (Å²) in [6.45, 7) is 2.65. The van der Waals surface area contributed by atoms with E-state index in [0.717, 1.165) is 10.9 Å². The predicted octanol–water partition coefficient (Wildman–Crippen LogP) is 2.49. The van der Waals surface area contributed by atoms with Crippen LogP contribution in [0.15, 0.2) is 28.7 Å². The Labute approximate surface area is 134 Å². The maximum absolute atomic E-state index is 12.5. The van der Waals surface area contributed by atoms with Crippen LogP contribution in [0, 0.1) is 5.92 Å². The van der Waals surface area contributed by atoms with Gasteiger partial charge in [-0.15, -0.1) is 0 Å². The fraction of sp³-hybridized carbons (Fsp3) is 0.500. The number of likely N-dealkylation sites (N-methyl/N-ethyl adjacent to an activating group) is 2. The first-order valence-corrected chi connectivity index (χ1v) is 7.97. The van der Waals surface area contributed by atoms with Gasteiger partial charge in [0, 0.05) is 31.0 Å². The smallest absolute Gasteiger partial charge is 0.241 e. The summed E-state index contributed by atoms with van der Waals surface area (Å²) in [4.78, 5) is 27.5. The van der Waals surface area contributed by atoms with Gasteiger partial charge in [-0.25, -0.2) is 0 Å². The molecule has 0 heterocycles. The SMILES string of the molecule is CCN(CC(=O)N(C)C)C(=O)[C@@H]1C[C@H]1c1cccc(Br)c1. The molecule has 21 heavy (non-hydrogen) atoms. The van der Waals surface area contributed by atoms with Crippen molar-refractivity contribution in [2.45, 2.75) is 19.3 Å². The lowest BCUT2D eigenvalue weighted by Gasteiger charge is -2.22. The van der Waals surface area contributed by atoms with E-state index < -0.39 is 0 Å². The van der Waals surface area contributed by atoms with Crippen molar-refractivity contribution in [3.8, 4) is 0 Å². The second-order valence-corrected chi connectivity index (χ2v) is 6.56. The van der Waals surface area contributed by atoms with Gasteiger partial charge in [-0.05, 0) is 37.0 Å². The van der Waals surface area contributed by atoms with Crippen LogP contribution in [0.25, 0.3) is 0 Å². The Hall–Kier alpha value is -1.36. The van der Waals surface area contributed by atoms with Crippen LogP contribution in [0.2, 0.25) is 0 Å². The number of amides is 2. The highest BCUT2D eigenvalue weighted by Gasteiger charge is 2.45. The highest BCUT2D eigenvalue weighted by Crippen LogP contribution is 2.48. The second-order valence-electron chi connectivity index (χ2n) is 5.64.